The van der Waals surface area contributed by atoms with Crippen LogP contribution in [0.5, 0.6) is 0 Å². The number of carbonyl (C=O) groups excluding carboxylic acids is 1. The van der Waals surface area contributed by atoms with Gasteiger partial charge in [-0.2, -0.15) is 0 Å². The molecular formula is C11H19N4OS+. The van der Waals surface area contributed by atoms with E-state index in [4.69, 9.17) is 0 Å². The molecule has 1 fully saturated rings. The molecule has 0 aromatic carbocycles. The minimum Gasteiger partial charge on any atom is -0.335 e. The van der Waals surface area contributed by atoms with E-state index in [1.807, 2.05) is 0 Å². The molecule has 0 bridgehead atoms. The molecule has 2 heterocycles. The summed E-state index contributed by atoms with van der Waals surface area (Å²) in [6, 6.07) is 0. The summed E-state index contributed by atoms with van der Waals surface area (Å²) < 4.78 is 0. The van der Waals surface area contributed by atoms with Gasteiger partial charge in [0.1, 0.15) is 5.01 Å². The summed E-state index contributed by atoms with van der Waals surface area (Å²) in [7, 11) is 0. The van der Waals surface area contributed by atoms with Crippen LogP contribution in [-0.2, 0) is 11.2 Å². The average Bonchev–Trinajstić information content (AvgIpc) is 2.75. The van der Waals surface area contributed by atoms with Crippen LogP contribution in [0.3, 0.4) is 0 Å². The van der Waals surface area contributed by atoms with Gasteiger partial charge in [-0.3, -0.25) is 4.79 Å². The van der Waals surface area contributed by atoms with E-state index in [1.165, 1.54) is 50.6 Å². The number of hydrogen-bond acceptors (Lipinski definition) is 4. The van der Waals surface area contributed by atoms with Gasteiger partial charge in [0.25, 0.3) is 0 Å². The molecule has 17 heavy (non-hydrogen) atoms. The van der Waals surface area contributed by atoms with E-state index < -0.39 is 0 Å². The van der Waals surface area contributed by atoms with E-state index in [0.29, 0.717) is 5.13 Å². The lowest BCUT2D eigenvalue weighted by Gasteiger charge is -2.22. The van der Waals surface area contributed by atoms with Crippen LogP contribution >= 0.6 is 11.3 Å². The summed E-state index contributed by atoms with van der Waals surface area (Å²) in [5.74, 6) is -0.0886. The van der Waals surface area contributed by atoms with Crippen molar-refractivity contribution >= 4 is 22.4 Å². The molecule has 1 aliphatic heterocycles. The molecule has 0 atom stereocenters. The van der Waals surface area contributed by atoms with Gasteiger partial charge < -0.3 is 10.2 Å². The number of hydrogen-bond donors (Lipinski definition) is 2. The van der Waals surface area contributed by atoms with E-state index in [9.17, 15) is 4.79 Å². The van der Waals surface area contributed by atoms with E-state index in [1.54, 1.807) is 4.90 Å². The Morgan fingerprint density at radius 2 is 2.12 bits per heavy atom. The quantitative estimate of drug-likeness (QED) is 0.803. The van der Waals surface area contributed by atoms with Gasteiger partial charge >= 0.3 is 0 Å². The minimum absolute atomic E-state index is 0.0886. The Labute approximate surface area is 105 Å². The van der Waals surface area contributed by atoms with Crippen LogP contribution in [0.1, 0.15) is 31.2 Å². The number of quaternary nitrogens is 1. The minimum atomic E-state index is -0.0886. The standard InChI is InChI=1S/C11H18N4OS/c1-9(16)12-11-14-13-10(17-11)5-8-15-6-3-2-4-7-15/h2-8H2,1H3,(H,12,14,16)/p+1. The van der Waals surface area contributed by atoms with Crippen molar-refractivity contribution in [2.24, 2.45) is 0 Å². The molecule has 2 N–H and O–H groups in total. The van der Waals surface area contributed by atoms with Gasteiger partial charge in [-0.05, 0) is 19.3 Å². The average molecular weight is 255 g/mol. The van der Waals surface area contributed by atoms with Gasteiger partial charge in [-0.25, -0.2) is 0 Å². The lowest BCUT2D eigenvalue weighted by molar-refractivity contribution is -0.904. The van der Waals surface area contributed by atoms with Crippen LogP contribution in [0, 0.1) is 0 Å². The predicted octanol–water partition coefficient (Wildman–Crippen LogP) is 0.108. The molecule has 1 saturated heterocycles. The van der Waals surface area contributed by atoms with Crippen molar-refractivity contribution in [1.82, 2.24) is 10.2 Å². The molecule has 94 valence electrons. The molecule has 2 rings (SSSR count). The Balaban J connectivity index is 1.78. The van der Waals surface area contributed by atoms with Crippen molar-refractivity contribution in [3.05, 3.63) is 5.01 Å². The Hall–Kier alpha value is -1.01. The smallest absolute Gasteiger partial charge is 0.223 e. The number of carbonyl (C=O) groups is 1. The highest BCUT2D eigenvalue weighted by molar-refractivity contribution is 7.15. The largest absolute Gasteiger partial charge is 0.335 e. The monoisotopic (exact) mass is 255 g/mol. The maximum Gasteiger partial charge on any atom is 0.223 e. The van der Waals surface area contributed by atoms with Crippen LogP contribution in [0.4, 0.5) is 5.13 Å². The molecule has 0 unspecified atom stereocenters. The van der Waals surface area contributed by atoms with Crippen molar-refractivity contribution in [1.29, 1.82) is 0 Å². The third-order valence-corrected chi connectivity index (χ3v) is 3.90. The first-order chi connectivity index (χ1) is 8.24. The van der Waals surface area contributed by atoms with E-state index in [2.05, 4.69) is 15.5 Å². The molecule has 1 amide bonds. The fourth-order valence-electron chi connectivity index (χ4n) is 2.14. The normalized spacial score (nSPS) is 17.0. The third kappa shape index (κ3) is 4.05. The number of piperidine rings is 1. The molecule has 0 saturated carbocycles. The number of rotatable bonds is 4. The zero-order chi connectivity index (χ0) is 12.1. The summed E-state index contributed by atoms with van der Waals surface area (Å²) in [6.07, 6.45) is 5.05. The first kappa shape index (κ1) is 12.4. The molecule has 1 aromatic heterocycles. The van der Waals surface area contributed by atoms with E-state index in [0.717, 1.165) is 18.0 Å². The van der Waals surface area contributed by atoms with Crippen molar-refractivity contribution in [3.8, 4) is 0 Å². The molecule has 0 radical (unpaired) electrons. The van der Waals surface area contributed by atoms with Crippen LogP contribution in [0.25, 0.3) is 0 Å². The SMILES string of the molecule is CC(=O)Nc1nnc(CC[NH+]2CCCCC2)s1. The number of aromatic nitrogens is 2. The van der Waals surface area contributed by atoms with Crippen LogP contribution in [0.2, 0.25) is 0 Å². The fraction of sp³-hybridized carbons (Fsp3) is 0.727. The summed E-state index contributed by atoms with van der Waals surface area (Å²) in [4.78, 5) is 12.5. The highest BCUT2D eigenvalue weighted by atomic mass is 32.1. The molecule has 1 aliphatic rings. The van der Waals surface area contributed by atoms with Crippen LogP contribution in [-0.4, -0.2) is 35.7 Å². The van der Waals surface area contributed by atoms with Crippen molar-refractivity contribution in [3.63, 3.8) is 0 Å². The number of nitrogens with one attached hydrogen (secondary N) is 2. The Kier molecular flexibility index (Phi) is 4.44. The zero-order valence-corrected chi connectivity index (χ0v) is 11.0. The number of nitrogens with zero attached hydrogens (tertiary/aromatic N) is 2. The van der Waals surface area contributed by atoms with Crippen molar-refractivity contribution in [2.45, 2.75) is 32.6 Å². The number of anilines is 1. The topological polar surface area (TPSA) is 59.3 Å². The molecule has 0 spiro atoms. The van der Waals surface area contributed by atoms with Gasteiger partial charge in [-0.1, -0.05) is 11.3 Å². The van der Waals surface area contributed by atoms with E-state index >= 15 is 0 Å². The van der Waals surface area contributed by atoms with Gasteiger partial charge in [0.2, 0.25) is 11.0 Å². The zero-order valence-electron chi connectivity index (χ0n) is 10.2. The third-order valence-electron chi connectivity index (χ3n) is 3.00. The molecule has 0 aliphatic carbocycles. The second kappa shape index (κ2) is 6.07. The predicted molar refractivity (Wildman–Crippen MR) is 67.3 cm³/mol. The number of likely N-dealkylation sites (tertiary alicyclic amines) is 1. The van der Waals surface area contributed by atoms with Gasteiger partial charge in [-0.15, -0.1) is 10.2 Å². The second-order valence-electron chi connectivity index (χ2n) is 4.49. The van der Waals surface area contributed by atoms with Crippen LogP contribution in [0.15, 0.2) is 0 Å². The van der Waals surface area contributed by atoms with Gasteiger partial charge in [0, 0.05) is 6.92 Å². The van der Waals surface area contributed by atoms with Gasteiger partial charge in [0.05, 0.1) is 26.1 Å². The Morgan fingerprint density at radius 1 is 1.35 bits per heavy atom. The first-order valence-electron chi connectivity index (χ1n) is 6.17. The van der Waals surface area contributed by atoms with Crippen molar-refractivity contribution in [2.75, 3.05) is 25.0 Å². The Morgan fingerprint density at radius 3 is 2.82 bits per heavy atom. The molecule has 1 aromatic rings. The maximum atomic E-state index is 10.9. The summed E-state index contributed by atoms with van der Waals surface area (Å²) >= 11 is 1.48. The maximum absolute atomic E-state index is 10.9. The lowest BCUT2D eigenvalue weighted by atomic mass is 10.1. The second-order valence-corrected chi connectivity index (χ2v) is 5.55. The van der Waals surface area contributed by atoms with Crippen molar-refractivity contribution < 1.29 is 9.69 Å². The first-order valence-corrected chi connectivity index (χ1v) is 6.99. The van der Waals surface area contributed by atoms with Crippen LogP contribution < -0.4 is 10.2 Å². The lowest BCUT2D eigenvalue weighted by Crippen LogP contribution is -3.13. The summed E-state index contributed by atoms with van der Waals surface area (Å²) in [5, 5.41) is 12.3. The molecule has 5 nitrogen and oxygen atoms in total. The molecular weight excluding hydrogens is 236 g/mol. The number of amides is 1. The van der Waals surface area contributed by atoms with E-state index in [-0.39, 0.29) is 5.91 Å². The fourth-order valence-corrected chi connectivity index (χ4v) is 2.93. The highest BCUT2D eigenvalue weighted by Crippen LogP contribution is 2.14. The highest BCUT2D eigenvalue weighted by Gasteiger charge is 2.14. The van der Waals surface area contributed by atoms with Gasteiger partial charge in [0.15, 0.2) is 0 Å². The Bertz CT molecular complexity index is 373. The molecule has 6 heteroatoms. The summed E-state index contributed by atoms with van der Waals surface area (Å²) in [5.41, 5.74) is 0. The summed E-state index contributed by atoms with van der Waals surface area (Å²) in [6.45, 7) is 5.20.